The van der Waals surface area contributed by atoms with Gasteiger partial charge in [-0.15, -0.1) is 0 Å². The number of benzene rings is 2. The Kier molecular flexibility index (Phi) is 4.68. The molecule has 0 amide bonds. The van der Waals surface area contributed by atoms with Crippen molar-refractivity contribution in [3.8, 4) is 5.75 Å². The molecule has 1 aliphatic rings. The third-order valence-corrected chi connectivity index (χ3v) is 4.06. The number of hydrogen-bond acceptors (Lipinski definition) is 2. The summed E-state index contributed by atoms with van der Waals surface area (Å²) < 4.78 is 32.4. The number of hydrogen-bond donors (Lipinski definition) is 1. The maximum absolute atomic E-state index is 13.6. The predicted octanol–water partition coefficient (Wildman–Crippen LogP) is 4.01. The highest BCUT2D eigenvalue weighted by atomic mass is 19.1. The van der Waals surface area contributed by atoms with Gasteiger partial charge in [-0.3, -0.25) is 0 Å². The molecule has 0 aliphatic carbocycles. The van der Waals surface area contributed by atoms with Gasteiger partial charge in [0.15, 0.2) is 0 Å². The standard InChI is InChI=1S/C18H19F2NO/c19-15-3-1-13(2-4-15)12-22-18-6-5-16(20)11-17(18)14-7-9-21-10-8-14/h1-6,11,14,21H,7-10,12H2. The monoisotopic (exact) mass is 303 g/mol. The van der Waals surface area contributed by atoms with Crippen LogP contribution in [0.4, 0.5) is 8.78 Å². The molecule has 0 unspecified atom stereocenters. The smallest absolute Gasteiger partial charge is 0.123 e. The highest BCUT2D eigenvalue weighted by Gasteiger charge is 2.19. The molecule has 116 valence electrons. The first-order chi connectivity index (χ1) is 10.7. The number of piperidine rings is 1. The van der Waals surface area contributed by atoms with Gasteiger partial charge < -0.3 is 10.1 Å². The van der Waals surface area contributed by atoms with Gasteiger partial charge in [0.25, 0.3) is 0 Å². The van der Waals surface area contributed by atoms with E-state index in [1.54, 1.807) is 24.3 Å². The van der Waals surface area contributed by atoms with Gasteiger partial charge in [0.1, 0.15) is 24.0 Å². The first-order valence-corrected chi connectivity index (χ1v) is 7.60. The van der Waals surface area contributed by atoms with Gasteiger partial charge in [-0.1, -0.05) is 12.1 Å². The Balaban J connectivity index is 1.76. The highest BCUT2D eigenvalue weighted by Crippen LogP contribution is 2.33. The van der Waals surface area contributed by atoms with Crippen LogP contribution < -0.4 is 10.1 Å². The molecular formula is C18H19F2NO. The van der Waals surface area contributed by atoms with Crippen molar-refractivity contribution in [3.63, 3.8) is 0 Å². The molecule has 0 bridgehead atoms. The molecule has 22 heavy (non-hydrogen) atoms. The van der Waals surface area contributed by atoms with E-state index < -0.39 is 0 Å². The number of nitrogens with one attached hydrogen (secondary N) is 1. The van der Waals surface area contributed by atoms with Gasteiger partial charge >= 0.3 is 0 Å². The van der Waals surface area contributed by atoms with E-state index in [4.69, 9.17) is 4.74 Å². The fourth-order valence-electron chi connectivity index (χ4n) is 2.84. The molecule has 2 aromatic rings. The summed E-state index contributed by atoms with van der Waals surface area (Å²) in [7, 11) is 0. The van der Waals surface area contributed by atoms with Crippen molar-refractivity contribution in [2.75, 3.05) is 13.1 Å². The number of rotatable bonds is 4. The lowest BCUT2D eigenvalue weighted by Gasteiger charge is -2.25. The second-order valence-corrected chi connectivity index (χ2v) is 5.62. The summed E-state index contributed by atoms with van der Waals surface area (Å²) in [5, 5.41) is 3.31. The van der Waals surface area contributed by atoms with Crippen LogP contribution in [0.15, 0.2) is 42.5 Å². The molecule has 0 saturated carbocycles. The summed E-state index contributed by atoms with van der Waals surface area (Å²) in [4.78, 5) is 0. The molecule has 1 fully saturated rings. The maximum atomic E-state index is 13.6. The van der Waals surface area contributed by atoms with Crippen molar-refractivity contribution in [3.05, 3.63) is 65.2 Å². The largest absolute Gasteiger partial charge is 0.489 e. The third kappa shape index (κ3) is 3.63. The second-order valence-electron chi connectivity index (χ2n) is 5.62. The molecule has 2 aromatic carbocycles. The van der Waals surface area contributed by atoms with Crippen LogP contribution in [0.2, 0.25) is 0 Å². The van der Waals surface area contributed by atoms with Crippen LogP contribution in [0.25, 0.3) is 0 Å². The minimum Gasteiger partial charge on any atom is -0.489 e. The van der Waals surface area contributed by atoms with Crippen molar-refractivity contribution < 1.29 is 13.5 Å². The predicted molar refractivity (Wildman–Crippen MR) is 82.0 cm³/mol. The fourth-order valence-corrected chi connectivity index (χ4v) is 2.84. The van der Waals surface area contributed by atoms with Crippen molar-refractivity contribution in [2.24, 2.45) is 0 Å². The average Bonchev–Trinajstić information content (AvgIpc) is 2.56. The Hall–Kier alpha value is -1.94. The Morgan fingerprint density at radius 1 is 0.955 bits per heavy atom. The van der Waals surface area contributed by atoms with E-state index in [1.807, 2.05) is 0 Å². The zero-order chi connectivity index (χ0) is 15.4. The topological polar surface area (TPSA) is 21.3 Å². The molecule has 1 saturated heterocycles. The summed E-state index contributed by atoms with van der Waals surface area (Å²) in [6, 6.07) is 10.9. The minimum atomic E-state index is -0.263. The normalized spacial score (nSPS) is 15.7. The van der Waals surface area contributed by atoms with Gasteiger partial charge in [0.05, 0.1) is 0 Å². The van der Waals surface area contributed by atoms with Crippen LogP contribution in [0.3, 0.4) is 0 Å². The molecule has 0 spiro atoms. The Labute approximate surface area is 129 Å². The van der Waals surface area contributed by atoms with Crippen LogP contribution in [0.1, 0.15) is 29.9 Å². The number of halogens is 2. The molecule has 0 aromatic heterocycles. The lowest BCUT2D eigenvalue weighted by atomic mass is 9.89. The lowest BCUT2D eigenvalue weighted by molar-refractivity contribution is 0.297. The first-order valence-electron chi connectivity index (χ1n) is 7.60. The molecular weight excluding hydrogens is 284 g/mol. The van der Waals surface area contributed by atoms with Crippen LogP contribution in [-0.2, 0) is 6.61 Å². The summed E-state index contributed by atoms with van der Waals surface area (Å²) in [6.45, 7) is 2.24. The maximum Gasteiger partial charge on any atom is 0.123 e. The zero-order valence-corrected chi connectivity index (χ0v) is 12.3. The molecule has 4 heteroatoms. The quantitative estimate of drug-likeness (QED) is 0.921. The van der Waals surface area contributed by atoms with Gasteiger partial charge in [-0.2, -0.15) is 0 Å². The average molecular weight is 303 g/mol. The van der Waals surface area contributed by atoms with E-state index >= 15 is 0 Å². The second kappa shape index (κ2) is 6.88. The Morgan fingerprint density at radius 2 is 1.64 bits per heavy atom. The van der Waals surface area contributed by atoms with Gasteiger partial charge in [-0.25, -0.2) is 8.78 Å². The molecule has 1 N–H and O–H groups in total. The first kappa shape index (κ1) is 15.0. The van der Waals surface area contributed by atoms with Crippen molar-refractivity contribution in [2.45, 2.75) is 25.4 Å². The van der Waals surface area contributed by atoms with E-state index in [0.29, 0.717) is 12.5 Å². The molecule has 1 aliphatic heterocycles. The van der Waals surface area contributed by atoms with E-state index in [0.717, 1.165) is 42.8 Å². The van der Waals surface area contributed by atoms with E-state index in [-0.39, 0.29) is 11.6 Å². The Bertz CT molecular complexity index is 621. The van der Waals surface area contributed by atoms with Crippen molar-refractivity contribution in [1.82, 2.24) is 5.32 Å². The van der Waals surface area contributed by atoms with Crippen LogP contribution >= 0.6 is 0 Å². The van der Waals surface area contributed by atoms with Gasteiger partial charge in [0, 0.05) is 5.56 Å². The molecule has 3 rings (SSSR count). The summed E-state index contributed by atoms with van der Waals surface area (Å²) >= 11 is 0. The summed E-state index contributed by atoms with van der Waals surface area (Å²) in [5.41, 5.74) is 1.82. The van der Waals surface area contributed by atoms with E-state index in [2.05, 4.69) is 5.32 Å². The summed E-state index contributed by atoms with van der Waals surface area (Å²) in [6.07, 6.45) is 1.97. The molecule has 0 atom stereocenters. The van der Waals surface area contributed by atoms with E-state index in [1.165, 1.54) is 18.2 Å². The van der Waals surface area contributed by atoms with E-state index in [9.17, 15) is 8.78 Å². The summed E-state index contributed by atoms with van der Waals surface area (Å²) in [5.74, 6) is 0.543. The zero-order valence-electron chi connectivity index (χ0n) is 12.3. The molecule has 1 heterocycles. The minimum absolute atomic E-state index is 0.234. The van der Waals surface area contributed by atoms with Crippen LogP contribution in [0, 0.1) is 11.6 Å². The highest BCUT2D eigenvalue weighted by molar-refractivity contribution is 5.37. The molecule has 0 radical (unpaired) electrons. The van der Waals surface area contributed by atoms with Gasteiger partial charge in [-0.05, 0) is 67.7 Å². The Morgan fingerprint density at radius 3 is 2.36 bits per heavy atom. The fraction of sp³-hybridized carbons (Fsp3) is 0.333. The van der Waals surface area contributed by atoms with Crippen LogP contribution in [0.5, 0.6) is 5.75 Å². The van der Waals surface area contributed by atoms with Crippen molar-refractivity contribution >= 4 is 0 Å². The molecule has 2 nitrogen and oxygen atoms in total. The SMILES string of the molecule is Fc1ccc(COc2ccc(F)cc2C2CCNCC2)cc1. The van der Waals surface area contributed by atoms with Gasteiger partial charge in [0.2, 0.25) is 0 Å². The number of ether oxygens (including phenoxy) is 1. The third-order valence-electron chi connectivity index (χ3n) is 4.06. The van der Waals surface area contributed by atoms with Crippen molar-refractivity contribution in [1.29, 1.82) is 0 Å². The van der Waals surface area contributed by atoms with Crippen LogP contribution in [-0.4, -0.2) is 13.1 Å². The lowest BCUT2D eigenvalue weighted by Crippen LogP contribution is -2.26.